The summed E-state index contributed by atoms with van der Waals surface area (Å²) in [5, 5.41) is 0. The summed E-state index contributed by atoms with van der Waals surface area (Å²) in [4.78, 5) is 11.1. The summed E-state index contributed by atoms with van der Waals surface area (Å²) in [6.45, 7) is 4.02. The average Bonchev–Trinajstić information content (AvgIpc) is 2.24. The largest absolute Gasteiger partial charge is 0.469 e. The Kier molecular flexibility index (Phi) is 4.35. The molecule has 88 valence electrons. The standard InChI is InChI=1S/C13H19NO2/c1-9(8-12(15)16-3)7-11-6-4-5-10(2)13(11)14/h4-6,9H,7-8,14H2,1-3H3. The molecule has 0 radical (unpaired) electrons. The molecule has 0 aliphatic heterocycles. The fraction of sp³-hybridized carbons (Fsp3) is 0.462. The lowest BCUT2D eigenvalue weighted by atomic mass is 9.95. The van der Waals surface area contributed by atoms with E-state index in [4.69, 9.17) is 5.73 Å². The molecule has 0 aliphatic carbocycles. The number of nitrogens with two attached hydrogens (primary N) is 1. The Hall–Kier alpha value is -1.51. The summed E-state index contributed by atoms with van der Waals surface area (Å²) < 4.78 is 4.64. The van der Waals surface area contributed by atoms with Gasteiger partial charge in [-0.15, -0.1) is 0 Å². The molecule has 0 saturated heterocycles. The number of hydrogen-bond acceptors (Lipinski definition) is 3. The van der Waals surface area contributed by atoms with Gasteiger partial charge < -0.3 is 10.5 Å². The molecule has 0 aromatic heterocycles. The summed E-state index contributed by atoms with van der Waals surface area (Å²) in [5.41, 5.74) is 9.00. The molecule has 0 spiro atoms. The van der Waals surface area contributed by atoms with Gasteiger partial charge in [0.2, 0.25) is 0 Å². The number of benzene rings is 1. The Morgan fingerprint density at radius 1 is 1.50 bits per heavy atom. The predicted octanol–water partition coefficient (Wildman–Crippen LogP) is 2.32. The van der Waals surface area contributed by atoms with Crippen LogP contribution in [-0.4, -0.2) is 13.1 Å². The maximum absolute atomic E-state index is 11.1. The first-order valence-electron chi connectivity index (χ1n) is 5.45. The number of carbonyl (C=O) groups excluding carboxylic acids is 1. The van der Waals surface area contributed by atoms with Crippen LogP contribution in [0.4, 0.5) is 5.69 Å². The number of nitrogen functional groups attached to an aromatic ring is 1. The molecular formula is C13H19NO2. The molecule has 0 amide bonds. The third-order valence-corrected chi connectivity index (χ3v) is 2.73. The number of ether oxygens (including phenoxy) is 1. The lowest BCUT2D eigenvalue weighted by Gasteiger charge is -2.13. The summed E-state index contributed by atoms with van der Waals surface area (Å²) in [7, 11) is 1.41. The van der Waals surface area contributed by atoms with E-state index in [9.17, 15) is 4.79 Å². The molecule has 1 rings (SSSR count). The number of rotatable bonds is 4. The van der Waals surface area contributed by atoms with E-state index in [1.807, 2.05) is 32.0 Å². The Balaban J connectivity index is 2.66. The maximum Gasteiger partial charge on any atom is 0.305 e. The highest BCUT2D eigenvalue weighted by Gasteiger charge is 2.11. The summed E-state index contributed by atoms with van der Waals surface area (Å²) in [6, 6.07) is 5.99. The number of aryl methyl sites for hydroxylation is 1. The van der Waals surface area contributed by atoms with Crippen LogP contribution in [0.5, 0.6) is 0 Å². The predicted molar refractivity (Wildman–Crippen MR) is 65.1 cm³/mol. The molecule has 1 unspecified atom stereocenters. The zero-order chi connectivity index (χ0) is 12.1. The molecule has 0 bridgehead atoms. The van der Waals surface area contributed by atoms with Gasteiger partial charge in [0.15, 0.2) is 0 Å². The van der Waals surface area contributed by atoms with Crippen LogP contribution in [0.3, 0.4) is 0 Å². The van der Waals surface area contributed by atoms with Gasteiger partial charge in [-0.2, -0.15) is 0 Å². The van der Waals surface area contributed by atoms with Crippen molar-refractivity contribution in [2.45, 2.75) is 26.7 Å². The van der Waals surface area contributed by atoms with Gasteiger partial charge in [-0.1, -0.05) is 25.1 Å². The quantitative estimate of drug-likeness (QED) is 0.627. The van der Waals surface area contributed by atoms with Crippen molar-refractivity contribution in [2.75, 3.05) is 12.8 Å². The molecule has 0 saturated carbocycles. The molecule has 2 N–H and O–H groups in total. The van der Waals surface area contributed by atoms with Crippen LogP contribution in [0.2, 0.25) is 0 Å². The molecular weight excluding hydrogens is 202 g/mol. The van der Waals surface area contributed by atoms with E-state index in [2.05, 4.69) is 4.74 Å². The van der Waals surface area contributed by atoms with E-state index < -0.39 is 0 Å². The number of methoxy groups -OCH3 is 1. The topological polar surface area (TPSA) is 52.3 Å². The lowest BCUT2D eigenvalue weighted by Crippen LogP contribution is -2.10. The minimum absolute atomic E-state index is 0.168. The molecule has 1 aromatic rings. The van der Waals surface area contributed by atoms with Crippen LogP contribution in [-0.2, 0) is 16.0 Å². The van der Waals surface area contributed by atoms with E-state index in [-0.39, 0.29) is 11.9 Å². The van der Waals surface area contributed by atoms with Gasteiger partial charge in [0.25, 0.3) is 0 Å². The van der Waals surface area contributed by atoms with Crippen LogP contribution in [0.1, 0.15) is 24.5 Å². The third kappa shape index (κ3) is 3.26. The van der Waals surface area contributed by atoms with Crippen LogP contribution in [0, 0.1) is 12.8 Å². The Labute approximate surface area is 96.6 Å². The molecule has 1 aromatic carbocycles. The van der Waals surface area contributed by atoms with Crippen LogP contribution < -0.4 is 5.73 Å². The van der Waals surface area contributed by atoms with E-state index in [0.29, 0.717) is 6.42 Å². The number of para-hydroxylation sites is 1. The first kappa shape index (κ1) is 12.6. The van der Waals surface area contributed by atoms with Gasteiger partial charge in [0.05, 0.1) is 7.11 Å². The van der Waals surface area contributed by atoms with Crippen LogP contribution in [0.25, 0.3) is 0 Å². The SMILES string of the molecule is COC(=O)CC(C)Cc1cccc(C)c1N. The summed E-state index contributed by atoms with van der Waals surface area (Å²) in [6.07, 6.45) is 1.24. The van der Waals surface area contributed by atoms with Crippen molar-refractivity contribution < 1.29 is 9.53 Å². The fourth-order valence-corrected chi connectivity index (χ4v) is 1.73. The normalized spacial score (nSPS) is 12.2. The highest BCUT2D eigenvalue weighted by Crippen LogP contribution is 2.21. The second-order valence-electron chi connectivity index (χ2n) is 4.24. The second kappa shape index (κ2) is 5.54. The Bertz CT molecular complexity index is 374. The average molecular weight is 221 g/mol. The minimum atomic E-state index is -0.168. The number of hydrogen-bond donors (Lipinski definition) is 1. The van der Waals surface area contributed by atoms with E-state index in [0.717, 1.165) is 23.2 Å². The molecule has 1 atom stereocenters. The van der Waals surface area contributed by atoms with Crippen molar-refractivity contribution in [1.82, 2.24) is 0 Å². The molecule has 0 aliphatic rings. The van der Waals surface area contributed by atoms with Gasteiger partial charge in [0.1, 0.15) is 0 Å². The van der Waals surface area contributed by atoms with Crippen molar-refractivity contribution >= 4 is 11.7 Å². The highest BCUT2D eigenvalue weighted by atomic mass is 16.5. The van der Waals surface area contributed by atoms with Crippen LogP contribution in [0.15, 0.2) is 18.2 Å². The van der Waals surface area contributed by atoms with E-state index in [1.165, 1.54) is 7.11 Å². The second-order valence-corrected chi connectivity index (χ2v) is 4.24. The van der Waals surface area contributed by atoms with Crippen molar-refractivity contribution in [3.8, 4) is 0 Å². The van der Waals surface area contributed by atoms with Crippen molar-refractivity contribution in [1.29, 1.82) is 0 Å². The molecule has 0 fully saturated rings. The first-order chi connectivity index (χ1) is 7.54. The van der Waals surface area contributed by atoms with Crippen molar-refractivity contribution in [3.63, 3.8) is 0 Å². The van der Waals surface area contributed by atoms with E-state index >= 15 is 0 Å². The monoisotopic (exact) mass is 221 g/mol. The zero-order valence-corrected chi connectivity index (χ0v) is 10.1. The Morgan fingerprint density at radius 3 is 2.81 bits per heavy atom. The van der Waals surface area contributed by atoms with Crippen LogP contribution >= 0.6 is 0 Å². The number of anilines is 1. The number of carbonyl (C=O) groups is 1. The van der Waals surface area contributed by atoms with Crippen molar-refractivity contribution in [2.24, 2.45) is 5.92 Å². The van der Waals surface area contributed by atoms with Gasteiger partial charge in [-0.05, 0) is 30.4 Å². The van der Waals surface area contributed by atoms with Crippen molar-refractivity contribution in [3.05, 3.63) is 29.3 Å². The number of esters is 1. The first-order valence-corrected chi connectivity index (χ1v) is 5.45. The lowest BCUT2D eigenvalue weighted by molar-refractivity contribution is -0.141. The smallest absolute Gasteiger partial charge is 0.305 e. The third-order valence-electron chi connectivity index (χ3n) is 2.73. The minimum Gasteiger partial charge on any atom is -0.469 e. The maximum atomic E-state index is 11.1. The summed E-state index contributed by atoms with van der Waals surface area (Å²) >= 11 is 0. The van der Waals surface area contributed by atoms with Gasteiger partial charge in [0, 0.05) is 12.1 Å². The highest BCUT2D eigenvalue weighted by molar-refractivity contribution is 5.69. The molecule has 3 nitrogen and oxygen atoms in total. The van der Waals surface area contributed by atoms with Gasteiger partial charge in [-0.3, -0.25) is 4.79 Å². The molecule has 16 heavy (non-hydrogen) atoms. The fourth-order valence-electron chi connectivity index (χ4n) is 1.73. The van der Waals surface area contributed by atoms with Gasteiger partial charge >= 0.3 is 5.97 Å². The Morgan fingerprint density at radius 2 is 2.19 bits per heavy atom. The summed E-state index contributed by atoms with van der Waals surface area (Å²) in [5.74, 6) is 0.0790. The van der Waals surface area contributed by atoms with E-state index in [1.54, 1.807) is 0 Å². The molecule has 0 heterocycles. The molecule has 3 heteroatoms. The van der Waals surface area contributed by atoms with Gasteiger partial charge in [-0.25, -0.2) is 0 Å². The zero-order valence-electron chi connectivity index (χ0n) is 10.1.